The summed E-state index contributed by atoms with van der Waals surface area (Å²) in [6.45, 7) is 1.69. The summed E-state index contributed by atoms with van der Waals surface area (Å²) in [5.74, 6) is -1.76. The van der Waals surface area contributed by atoms with Crippen LogP contribution in [0.25, 0.3) is 11.1 Å². The number of aromatic carboxylic acids is 1. The number of hydrogen-bond donors (Lipinski definition) is 1. The van der Waals surface area contributed by atoms with Crippen molar-refractivity contribution in [2.45, 2.75) is 5.92 Å². The van der Waals surface area contributed by atoms with E-state index in [1.165, 1.54) is 11.1 Å². The van der Waals surface area contributed by atoms with E-state index in [1.54, 1.807) is 9.80 Å². The molecule has 0 atom stereocenters. The molecule has 33 heavy (non-hydrogen) atoms. The summed E-state index contributed by atoms with van der Waals surface area (Å²) in [7, 11) is 0. The highest BCUT2D eigenvalue weighted by molar-refractivity contribution is 5.83. The molecule has 2 heterocycles. The van der Waals surface area contributed by atoms with Crippen molar-refractivity contribution in [3.05, 3.63) is 71.2 Å². The van der Waals surface area contributed by atoms with Crippen molar-refractivity contribution >= 4 is 17.9 Å². The third kappa shape index (κ3) is 3.65. The van der Waals surface area contributed by atoms with Gasteiger partial charge >= 0.3 is 18.0 Å². The van der Waals surface area contributed by atoms with E-state index in [4.69, 9.17) is 14.3 Å². The molecule has 0 radical (unpaired) electrons. The maximum atomic E-state index is 12.8. The van der Waals surface area contributed by atoms with Gasteiger partial charge in [0.2, 0.25) is 11.6 Å². The van der Waals surface area contributed by atoms with Gasteiger partial charge in [0.15, 0.2) is 0 Å². The minimum Gasteiger partial charge on any atom is -0.474 e. The molecular weight excluding hydrogens is 424 g/mol. The highest BCUT2D eigenvalue weighted by Gasteiger charge is 2.31. The molecule has 5 rings (SSSR count). The Kier molecular flexibility index (Phi) is 5.18. The molecule has 1 aliphatic carbocycles. The maximum Gasteiger partial charge on any atom is 0.409 e. The van der Waals surface area contributed by atoms with Crippen molar-refractivity contribution < 1.29 is 23.8 Å². The fourth-order valence-electron chi connectivity index (χ4n) is 4.47. The van der Waals surface area contributed by atoms with Gasteiger partial charge in [-0.25, -0.2) is 9.59 Å². The number of hydrogen-bond acceptors (Lipinski definition) is 7. The van der Waals surface area contributed by atoms with Gasteiger partial charge in [-0.3, -0.25) is 0 Å². The normalized spacial score (nSPS) is 15.0. The third-order valence-electron chi connectivity index (χ3n) is 6.06. The zero-order valence-electron chi connectivity index (χ0n) is 17.6. The van der Waals surface area contributed by atoms with Crippen molar-refractivity contribution in [1.82, 2.24) is 9.88 Å². The number of carboxylic acids is 1. The Bertz CT molecular complexity index is 1220. The molecule has 0 bridgehead atoms. The molecule has 0 unspecified atom stereocenters. The van der Waals surface area contributed by atoms with Crippen molar-refractivity contribution in [2.75, 3.05) is 37.7 Å². The summed E-state index contributed by atoms with van der Waals surface area (Å²) >= 11 is 0. The molecule has 2 aromatic carbocycles. The van der Waals surface area contributed by atoms with Gasteiger partial charge in [0.25, 0.3) is 0 Å². The predicted octanol–water partition coefficient (Wildman–Crippen LogP) is 3.32. The largest absolute Gasteiger partial charge is 0.474 e. The highest BCUT2D eigenvalue weighted by Crippen LogP contribution is 2.44. The Hall–Kier alpha value is -4.32. The third-order valence-corrected chi connectivity index (χ3v) is 6.06. The minimum atomic E-state index is -1.34. The first-order valence-corrected chi connectivity index (χ1v) is 10.6. The lowest BCUT2D eigenvalue weighted by Crippen LogP contribution is -2.49. The number of anilines is 1. The molecule has 9 heteroatoms. The molecule has 1 amide bonds. The number of benzene rings is 2. The van der Waals surface area contributed by atoms with Crippen LogP contribution >= 0.6 is 0 Å². The first-order chi connectivity index (χ1) is 16.1. The molecule has 1 N–H and O–H groups in total. The van der Waals surface area contributed by atoms with Gasteiger partial charge < -0.3 is 24.1 Å². The SMILES string of the molecule is N#Cc1nc(C(=O)O)oc1N1CCN(C(=O)OCC2c3ccccc3-c3ccccc32)CC1. The fourth-order valence-corrected chi connectivity index (χ4v) is 4.47. The molecule has 166 valence electrons. The number of carboxylic acid groups (broad SMARTS) is 1. The second kappa shape index (κ2) is 8.31. The molecule has 1 fully saturated rings. The van der Waals surface area contributed by atoms with Gasteiger partial charge in [-0.1, -0.05) is 48.5 Å². The van der Waals surface area contributed by atoms with E-state index in [9.17, 15) is 14.9 Å². The van der Waals surface area contributed by atoms with E-state index in [0.717, 1.165) is 11.1 Å². The van der Waals surface area contributed by atoms with Crippen molar-refractivity contribution in [1.29, 1.82) is 5.26 Å². The number of ether oxygens (including phenoxy) is 1. The molecule has 1 aliphatic heterocycles. The van der Waals surface area contributed by atoms with Crippen LogP contribution in [-0.2, 0) is 4.74 Å². The van der Waals surface area contributed by atoms with Crippen molar-refractivity contribution in [3.63, 3.8) is 0 Å². The van der Waals surface area contributed by atoms with Gasteiger partial charge in [0.1, 0.15) is 12.7 Å². The summed E-state index contributed by atoms with van der Waals surface area (Å²) in [5, 5.41) is 18.3. The van der Waals surface area contributed by atoms with Crippen LogP contribution in [0.4, 0.5) is 10.7 Å². The number of oxazole rings is 1. The van der Waals surface area contributed by atoms with Crippen LogP contribution in [0.1, 0.15) is 33.4 Å². The molecule has 9 nitrogen and oxygen atoms in total. The number of fused-ring (bicyclic) bond motifs is 3. The second-order valence-corrected chi connectivity index (χ2v) is 7.87. The number of amides is 1. The number of piperazine rings is 1. The predicted molar refractivity (Wildman–Crippen MR) is 117 cm³/mol. The van der Waals surface area contributed by atoms with Crippen molar-refractivity contribution in [2.24, 2.45) is 0 Å². The van der Waals surface area contributed by atoms with Crippen LogP contribution in [0.15, 0.2) is 52.9 Å². The first kappa shape index (κ1) is 20.6. The van der Waals surface area contributed by atoms with Crippen LogP contribution in [0.3, 0.4) is 0 Å². The number of nitrogens with zero attached hydrogens (tertiary/aromatic N) is 4. The van der Waals surface area contributed by atoms with Crippen LogP contribution < -0.4 is 4.90 Å². The van der Waals surface area contributed by atoms with Crippen LogP contribution in [0.5, 0.6) is 0 Å². The topological polar surface area (TPSA) is 120 Å². The molecule has 2 aliphatic rings. The van der Waals surface area contributed by atoms with Crippen LogP contribution in [-0.4, -0.2) is 59.8 Å². The minimum absolute atomic E-state index is 0.00976. The molecule has 1 saturated heterocycles. The Morgan fingerprint density at radius 2 is 1.67 bits per heavy atom. The van der Waals surface area contributed by atoms with Crippen LogP contribution in [0.2, 0.25) is 0 Å². The molecule has 0 spiro atoms. The number of rotatable bonds is 4. The standard InChI is InChI=1S/C24H20N4O5/c25-13-20-22(33-21(26-20)23(29)30)27-9-11-28(12-10-27)24(31)32-14-19-17-7-3-1-5-15(17)16-6-2-4-8-18(16)19/h1-8,19H,9-12,14H2,(H,29,30). The average molecular weight is 444 g/mol. The monoisotopic (exact) mass is 444 g/mol. The summed E-state index contributed by atoms with van der Waals surface area (Å²) in [4.78, 5) is 30.9. The summed E-state index contributed by atoms with van der Waals surface area (Å²) < 4.78 is 10.9. The molecule has 0 saturated carbocycles. The first-order valence-electron chi connectivity index (χ1n) is 10.6. The number of carbonyl (C=O) groups is 2. The number of carbonyl (C=O) groups excluding carboxylic acids is 1. The van der Waals surface area contributed by atoms with E-state index in [2.05, 4.69) is 29.2 Å². The quantitative estimate of drug-likeness (QED) is 0.651. The zero-order valence-corrected chi connectivity index (χ0v) is 17.6. The van der Waals surface area contributed by atoms with Gasteiger partial charge in [0.05, 0.1) is 0 Å². The second-order valence-electron chi connectivity index (χ2n) is 7.87. The lowest BCUT2D eigenvalue weighted by Gasteiger charge is -2.34. The van der Waals surface area contributed by atoms with Gasteiger partial charge in [0, 0.05) is 32.1 Å². The summed E-state index contributed by atoms with van der Waals surface area (Å²) in [6, 6.07) is 18.2. The van der Waals surface area contributed by atoms with E-state index in [1.807, 2.05) is 30.3 Å². The molecule has 1 aromatic heterocycles. The van der Waals surface area contributed by atoms with E-state index >= 15 is 0 Å². The van der Waals surface area contributed by atoms with Crippen molar-refractivity contribution in [3.8, 4) is 17.2 Å². The fraction of sp³-hybridized carbons (Fsp3) is 0.250. The Morgan fingerprint density at radius 3 is 2.24 bits per heavy atom. The highest BCUT2D eigenvalue weighted by atomic mass is 16.6. The zero-order chi connectivity index (χ0) is 22.9. The van der Waals surface area contributed by atoms with Gasteiger partial charge in [-0.2, -0.15) is 10.2 Å². The van der Waals surface area contributed by atoms with E-state index < -0.39 is 18.0 Å². The molecular formula is C24H20N4O5. The molecule has 3 aromatic rings. The van der Waals surface area contributed by atoms with Gasteiger partial charge in [-0.05, 0) is 22.3 Å². The van der Waals surface area contributed by atoms with Gasteiger partial charge in [-0.15, -0.1) is 0 Å². The lowest BCUT2D eigenvalue weighted by molar-refractivity contribution is 0.0654. The van der Waals surface area contributed by atoms with Crippen LogP contribution in [0, 0.1) is 11.3 Å². The number of aromatic nitrogens is 1. The maximum absolute atomic E-state index is 12.8. The smallest absolute Gasteiger partial charge is 0.409 e. The van der Waals surface area contributed by atoms with E-state index in [0.29, 0.717) is 26.2 Å². The lowest BCUT2D eigenvalue weighted by atomic mass is 9.98. The van der Waals surface area contributed by atoms with E-state index in [-0.39, 0.29) is 24.1 Å². The Balaban J connectivity index is 1.23. The Labute approximate surface area is 189 Å². The average Bonchev–Trinajstić information content (AvgIpc) is 3.43. The number of nitriles is 1. The summed E-state index contributed by atoms with van der Waals surface area (Å²) in [6.07, 6.45) is -0.402. The summed E-state index contributed by atoms with van der Waals surface area (Å²) in [5.41, 5.74) is 4.56. The Morgan fingerprint density at radius 1 is 1.06 bits per heavy atom.